The summed E-state index contributed by atoms with van der Waals surface area (Å²) < 4.78 is 0. The summed E-state index contributed by atoms with van der Waals surface area (Å²) in [6.07, 6.45) is 17.4. The van der Waals surface area contributed by atoms with Crippen LogP contribution in [-0.4, -0.2) is 250 Å². The van der Waals surface area contributed by atoms with E-state index in [0.29, 0.717) is 94.1 Å². The van der Waals surface area contributed by atoms with E-state index in [-0.39, 0.29) is 103 Å². The van der Waals surface area contributed by atoms with Gasteiger partial charge < -0.3 is 82.6 Å². The monoisotopic (exact) mass is 1860 g/mol. The van der Waals surface area contributed by atoms with Crippen LogP contribution in [-0.2, 0) is 0 Å². The molecule has 6 aliphatic rings. The average molecular weight is 1860 g/mol. The van der Waals surface area contributed by atoms with Crippen LogP contribution in [0.3, 0.4) is 0 Å². The van der Waals surface area contributed by atoms with Crippen LogP contribution in [0.1, 0.15) is 304 Å². The summed E-state index contributed by atoms with van der Waals surface area (Å²) in [5.74, 6) is 1.01. The molecule has 16 atom stereocenters. The zero-order valence-corrected chi connectivity index (χ0v) is 81.9. The van der Waals surface area contributed by atoms with E-state index >= 15 is 0 Å². The molecule has 2 saturated carbocycles. The van der Waals surface area contributed by atoms with Crippen molar-refractivity contribution in [1.82, 2.24) is 80.7 Å². The van der Waals surface area contributed by atoms with Gasteiger partial charge >= 0.3 is 0 Å². The standard InChI is InChI=1S/2C24H35N5O3S.2C23H31N5O3S/c2*1-7-14(3)26-19-11-13(2)18(12-25-19)21-20(24(32)29-10-8-9-15(29)4)28-23(33-21)22(31)27-16(5)17(6)30;2*1-5-13(3)25-18-9-12(2)15(11-24-18)20-19(23(31)28-8-6-7-14(28)4)27-22(32-20)21(30)26-16-10-17(16)29/h2*11-12,14-17,30H,7-10H2,1-6H3,(H,25,26)(H,27,31);2*9,11,13-14,16-17,29H,5-8,10H2,1-4H3,(H,24,25)(H,26,30)/t14-,15+,16+,17+;14-,15+,16-,17+;13-,14+,16+,17-;13-,14+,16-,17-/m1111/s1. The van der Waals surface area contributed by atoms with Crippen molar-refractivity contribution < 1.29 is 58.8 Å². The third kappa shape index (κ3) is 25.0. The molecule has 32 nitrogen and oxygen atoms in total. The van der Waals surface area contributed by atoms with Gasteiger partial charge in [-0.2, -0.15) is 0 Å². The molecule has 4 aliphatic heterocycles. The minimum absolute atomic E-state index is 0.140. The summed E-state index contributed by atoms with van der Waals surface area (Å²) in [5.41, 5.74) is 8.20. The highest BCUT2D eigenvalue weighted by molar-refractivity contribution is 7.18. The van der Waals surface area contributed by atoms with Gasteiger partial charge in [0.15, 0.2) is 20.0 Å². The average Bonchev–Trinajstić information content (AvgIpc) is 1.63. The SMILES string of the molecule is CC[C@@H](C)Nc1cc(C)c(-c2sc(C(=O)N[C@@H](C)[C@H](C)O)nc2C(=O)N2CCC[C@@H]2C)cn1.CC[C@@H](C)Nc1cc(C)c(-c2sc(C(=O)N[C@@H]3C[C@H]3O)nc2C(=O)N2CCC[C@@H]2C)cn1.CC[C@@H](C)Nc1cc(C)c(-c2sc(C(=O)N[C@H](C)[C@H](C)O)nc2C(=O)N2CCC[C@@H]2C)cn1.CC[C@@H](C)Nc1cc(C)c(-c2sc(C(=O)N[C@H]3C[C@H]3O)nc2C(=O)N2CCC[C@@H]2C)cn1. The Morgan fingerprint density at radius 1 is 0.377 bits per heavy atom. The van der Waals surface area contributed by atoms with Crippen LogP contribution in [0.2, 0.25) is 0 Å². The summed E-state index contributed by atoms with van der Waals surface area (Å²) in [4.78, 5) is 151. The molecule has 0 unspecified atom stereocenters. The highest BCUT2D eigenvalue weighted by atomic mass is 32.1. The van der Waals surface area contributed by atoms with Crippen molar-refractivity contribution in [2.75, 3.05) is 47.4 Å². The smallest absolute Gasteiger partial charge is 0.280 e. The molecule has 8 aromatic heterocycles. The van der Waals surface area contributed by atoms with Gasteiger partial charge in [-0.3, -0.25) is 38.4 Å². The molecule has 12 N–H and O–H groups in total. The molecule has 12 heterocycles. The topological polar surface area (TPSA) is 430 Å². The molecule has 0 aromatic carbocycles. The van der Waals surface area contributed by atoms with Gasteiger partial charge in [0.05, 0.1) is 68.1 Å². The van der Waals surface area contributed by atoms with Crippen molar-refractivity contribution in [3.05, 3.63) is 114 Å². The van der Waals surface area contributed by atoms with Crippen molar-refractivity contribution >= 4 is 116 Å². The minimum atomic E-state index is -0.697. The van der Waals surface area contributed by atoms with Gasteiger partial charge in [-0.1, -0.05) is 27.7 Å². The molecule has 8 amide bonds. The van der Waals surface area contributed by atoms with Gasteiger partial charge in [0.25, 0.3) is 47.3 Å². The van der Waals surface area contributed by atoms with Gasteiger partial charge in [0.1, 0.15) is 46.0 Å². The third-order valence-corrected chi connectivity index (χ3v) is 29.5. The highest BCUT2D eigenvalue weighted by Crippen LogP contribution is 2.42. The van der Waals surface area contributed by atoms with Crippen LogP contribution in [0.15, 0.2) is 49.1 Å². The second-order valence-corrected chi connectivity index (χ2v) is 39.9. The molecule has 0 radical (unpaired) electrons. The Hall–Kier alpha value is -10.1. The highest BCUT2D eigenvalue weighted by Gasteiger charge is 2.42. The lowest BCUT2D eigenvalue weighted by Crippen LogP contribution is -2.39. The number of pyridine rings is 4. The largest absolute Gasteiger partial charge is 0.391 e. The summed E-state index contributed by atoms with van der Waals surface area (Å²) in [6.45, 7) is 42.4. The molecule has 8 aromatic rings. The van der Waals surface area contributed by atoms with Crippen LogP contribution in [0.25, 0.3) is 41.8 Å². The molecule has 36 heteroatoms. The zero-order chi connectivity index (χ0) is 94.5. The van der Waals surface area contributed by atoms with Crippen LogP contribution in [0, 0.1) is 27.7 Å². The van der Waals surface area contributed by atoms with E-state index in [1.165, 1.54) is 45.3 Å². The Balaban J connectivity index is 0.000000168. The maximum absolute atomic E-state index is 13.4. The van der Waals surface area contributed by atoms with Gasteiger partial charge in [0, 0.05) is 122 Å². The predicted octanol–water partition coefficient (Wildman–Crippen LogP) is 14.1. The Kier molecular flexibility index (Phi) is 34.7. The molecule has 130 heavy (non-hydrogen) atoms. The second kappa shape index (κ2) is 44.9. The summed E-state index contributed by atoms with van der Waals surface area (Å²) in [7, 11) is 0. The molecular weight excluding hydrogens is 1730 g/mol. The van der Waals surface area contributed by atoms with Crippen molar-refractivity contribution in [2.24, 2.45) is 0 Å². The van der Waals surface area contributed by atoms with Crippen LogP contribution in [0.4, 0.5) is 23.3 Å². The molecule has 0 spiro atoms. The quantitative estimate of drug-likeness (QED) is 0.0199. The Bertz CT molecular complexity index is 5020. The van der Waals surface area contributed by atoms with E-state index in [0.717, 1.165) is 145 Å². The first kappa shape index (κ1) is 100. The number of aryl methyl sites for hydroxylation is 4. The van der Waals surface area contributed by atoms with Crippen LogP contribution in [0.5, 0.6) is 0 Å². The van der Waals surface area contributed by atoms with Crippen molar-refractivity contribution in [2.45, 2.75) is 325 Å². The number of carbonyl (C=O) groups is 8. The number of likely N-dealkylation sites (tertiary alicyclic amines) is 4. The number of aliphatic hydroxyl groups is 4. The number of carbonyl (C=O) groups excluding carboxylic acids is 8. The molecule has 14 rings (SSSR count). The fraction of sp³-hybridized carbons (Fsp3) is 0.574. The van der Waals surface area contributed by atoms with Gasteiger partial charge in [0.2, 0.25) is 0 Å². The normalized spacial score (nSPS) is 20.9. The summed E-state index contributed by atoms with van der Waals surface area (Å²) >= 11 is 4.79. The number of hydrogen-bond donors (Lipinski definition) is 12. The fourth-order valence-corrected chi connectivity index (χ4v) is 19.4. The lowest BCUT2D eigenvalue weighted by Gasteiger charge is -2.21. The molecule has 0 bridgehead atoms. The van der Waals surface area contributed by atoms with Crippen molar-refractivity contribution in [3.63, 3.8) is 0 Å². The molecule has 6 fully saturated rings. The number of aromatic nitrogens is 8. The lowest BCUT2D eigenvalue weighted by atomic mass is 10.1. The number of anilines is 4. The van der Waals surface area contributed by atoms with Gasteiger partial charge in [-0.25, -0.2) is 39.9 Å². The molecular formula is C94H132N20O12S4. The zero-order valence-electron chi connectivity index (χ0n) is 78.6. The second-order valence-electron chi connectivity index (χ2n) is 35.9. The van der Waals surface area contributed by atoms with Crippen LogP contribution < -0.4 is 42.5 Å². The van der Waals surface area contributed by atoms with E-state index in [1.807, 2.05) is 99.3 Å². The van der Waals surface area contributed by atoms with Gasteiger partial charge in [-0.05, 0) is 247 Å². The Morgan fingerprint density at radius 2 is 0.592 bits per heavy atom. The fourth-order valence-electron chi connectivity index (χ4n) is 15.3. The third-order valence-electron chi connectivity index (χ3n) is 25.1. The number of aliphatic hydroxyl groups excluding tert-OH is 4. The van der Waals surface area contributed by atoms with E-state index in [2.05, 4.69) is 138 Å². The number of thiazole rings is 4. The molecule has 704 valence electrons. The number of rotatable bonds is 30. The van der Waals surface area contributed by atoms with Crippen LogP contribution >= 0.6 is 45.3 Å². The molecule has 2 aliphatic carbocycles. The first-order valence-electron chi connectivity index (χ1n) is 46.0. The lowest BCUT2D eigenvalue weighted by molar-refractivity contribution is 0.0734. The van der Waals surface area contributed by atoms with E-state index < -0.39 is 48.3 Å². The van der Waals surface area contributed by atoms with Crippen molar-refractivity contribution in [3.8, 4) is 41.8 Å². The maximum Gasteiger partial charge on any atom is 0.280 e. The van der Waals surface area contributed by atoms with E-state index in [1.54, 1.807) is 52.5 Å². The summed E-state index contributed by atoms with van der Waals surface area (Å²) in [5, 5.41) is 64.1. The predicted molar refractivity (Wildman–Crippen MR) is 514 cm³/mol. The van der Waals surface area contributed by atoms with E-state index in [9.17, 15) is 58.8 Å². The Morgan fingerprint density at radius 3 is 0.769 bits per heavy atom. The summed E-state index contributed by atoms with van der Waals surface area (Å²) in [6, 6.07) is 8.30. The first-order valence-corrected chi connectivity index (χ1v) is 49.2. The Labute approximate surface area is 779 Å². The number of nitrogens with one attached hydrogen (secondary N) is 8. The van der Waals surface area contributed by atoms with Gasteiger partial charge in [-0.15, -0.1) is 45.3 Å². The number of nitrogens with zero attached hydrogens (tertiary/aromatic N) is 12. The molecule has 4 saturated heterocycles. The number of hydrogen-bond acceptors (Lipinski definition) is 28. The maximum atomic E-state index is 13.4. The number of amides is 8. The minimum Gasteiger partial charge on any atom is -0.391 e. The van der Waals surface area contributed by atoms with E-state index in [4.69, 9.17) is 0 Å². The first-order chi connectivity index (χ1) is 61.8. The van der Waals surface area contributed by atoms with Crippen molar-refractivity contribution in [1.29, 1.82) is 0 Å².